The van der Waals surface area contributed by atoms with E-state index in [1.165, 1.54) is 4.80 Å². The molecule has 17 heavy (non-hydrogen) atoms. The molecule has 1 N–H and O–H groups in total. The number of rotatable bonds is 5. The Hall–Kier alpha value is -1.01. The number of nitrogens with zero attached hydrogens (tertiary/aromatic N) is 4. The van der Waals surface area contributed by atoms with Crippen LogP contribution in [0.4, 0.5) is 0 Å². The minimum absolute atomic E-state index is 0.233. The summed E-state index contributed by atoms with van der Waals surface area (Å²) in [5, 5.41) is 15.7. The van der Waals surface area contributed by atoms with Gasteiger partial charge in [0.15, 0.2) is 5.82 Å². The molecule has 0 aliphatic carbocycles. The summed E-state index contributed by atoms with van der Waals surface area (Å²) < 4.78 is 5.46. The van der Waals surface area contributed by atoms with Gasteiger partial charge in [0.25, 0.3) is 0 Å². The molecule has 1 aromatic heterocycles. The number of aryl methyl sites for hydroxylation is 1. The molecule has 6 nitrogen and oxygen atoms in total. The van der Waals surface area contributed by atoms with Gasteiger partial charge >= 0.3 is 0 Å². The maximum Gasteiger partial charge on any atom is 0.175 e. The Morgan fingerprint density at radius 3 is 2.76 bits per heavy atom. The van der Waals surface area contributed by atoms with Gasteiger partial charge in [-0.1, -0.05) is 6.92 Å². The zero-order valence-electron chi connectivity index (χ0n) is 10.6. The molecule has 6 heteroatoms. The lowest BCUT2D eigenvalue weighted by molar-refractivity contribution is 0.0142. The molecule has 0 aromatic carbocycles. The molecule has 0 bridgehead atoms. The zero-order valence-corrected chi connectivity index (χ0v) is 10.6. The van der Waals surface area contributed by atoms with E-state index in [0.29, 0.717) is 0 Å². The highest BCUT2D eigenvalue weighted by Gasteiger charge is 2.33. The van der Waals surface area contributed by atoms with Crippen LogP contribution in [-0.4, -0.2) is 46.5 Å². The molecule has 2 heterocycles. The van der Waals surface area contributed by atoms with Gasteiger partial charge in [-0.2, -0.15) is 4.80 Å². The van der Waals surface area contributed by atoms with Crippen molar-refractivity contribution in [2.24, 2.45) is 12.5 Å². The fourth-order valence-corrected chi connectivity index (χ4v) is 2.34. The predicted molar refractivity (Wildman–Crippen MR) is 63.5 cm³/mol. The van der Waals surface area contributed by atoms with Crippen LogP contribution in [0.3, 0.4) is 0 Å². The quantitative estimate of drug-likeness (QED) is 0.793. The van der Waals surface area contributed by atoms with E-state index in [1.807, 2.05) is 0 Å². The van der Waals surface area contributed by atoms with Crippen molar-refractivity contribution in [1.29, 1.82) is 0 Å². The molecule has 1 aliphatic heterocycles. The van der Waals surface area contributed by atoms with Crippen molar-refractivity contribution in [3.05, 3.63) is 5.82 Å². The third-order valence-corrected chi connectivity index (χ3v) is 3.39. The number of hydrogen-bond donors (Lipinski definition) is 1. The van der Waals surface area contributed by atoms with Crippen molar-refractivity contribution in [1.82, 2.24) is 25.5 Å². The second-order valence-electron chi connectivity index (χ2n) is 4.76. The molecular formula is C11H21N5O. The van der Waals surface area contributed by atoms with Gasteiger partial charge in [-0.25, -0.2) is 0 Å². The summed E-state index contributed by atoms with van der Waals surface area (Å²) in [6, 6.07) is 0. The molecule has 0 atom stereocenters. The van der Waals surface area contributed by atoms with Gasteiger partial charge in [0.1, 0.15) is 0 Å². The van der Waals surface area contributed by atoms with Gasteiger partial charge in [-0.3, -0.25) is 0 Å². The SMILES string of the molecule is CCNCC1(Cc2nnn(C)n2)CCOCC1. The maximum absolute atomic E-state index is 5.46. The summed E-state index contributed by atoms with van der Waals surface area (Å²) in [6.45, 7) is 5.81. The Bertz CT molecular complexity index is 345. The second-order valence-corrected chi connectivity index (χ2v) is 4.76. The summed E-state index contributed by atoms with van der Waals surface area (Å²) in [5.74, 6) is 0.840. The topological polar surface area (TPSA) is 64.9 Å². The first kappa shape index (κ1) is 12.4. The van der Waals surface area contributed by atoms with E-state index in [0.717, 1.165) is 51.4 Å². The smallest absolute Gasteiger partial charge is 0.175 e. The van der Waals surface area contributed by atoms with Crippen LogP contribution in [-0.2, 0) is 18.2 Å². The van der Waals surface area contributed by atoms with Crippen LogP contribution in [0, 0.1) is 5.41 Å². The summed E-state index contributed by atoms with van der Waals surface area (Å²) in [4.78, 5) is 1.52. The van der Waals surface area contributed by atoms with Crippen LogP contribution in [0.15, 0.2) is 0 Å². The predicted octanol–water partition coefficient (Wildman–Crippen LogP) is 0.159. The molecule has 0 radical (unpaired) electrons. The summed E-state index contributed by atoms with van der Waals surface area (Å²) in [6.07, 6.45) is 3.02. The average Bonchev–Trinajstić information content (AvgIpc) is 2.73. The molecule has 1 saturated heterocycles. The first-order chi connectivity index (χ1) is 8.24. The van der Waals surface area contributed by atoms with Gasteiger partial charge in [-0.05, 0) is 30.0 Å². The van der Waals surface area contributed by atoms with E-state index >= 15 is 0 Å². The van der Waals surface area contributed by atoms with E-state index in [9.17, 15) is 0 Å². The summed E-state index contributed by atoms with van der Waals surface area (Å²) in [5.41, 5.74) is 0.233. The fourth-order valence-electron chi connectivity index (χ4n) is 2.34. The van der Waals surface area contributed by atoms with Crippen LogP contribution in [0.5, 0.6) is 0 Å². The van der Waals surface area contributed by atoms with Gasteiger partial charge in [0.2, 0.25) is 0 Å². The lowest BCUT2D eigenvalue weighted by Gasteiger charge is -2.36. The lowest BCUT2D eigenvalue weighted by Crippen LogP contribution is -2.41. The molecule has 2 rings (SSSR count). The van der Waals surface area contributed by atoms with Crippen LogP contribution in [0.2, 0.25) is 0 Å². The van der Waals surface area contributed by atoms with Gasteiger partial charge < -0.3 is 10.1 Å². The Morgan fingerprint density at radius 1 is 1.41 bits per heavy atom. The Labute approximate surface area is 102 Å². The molecule has 0 amide bonds. The van der Waals surface area contributed by atoms with E-state index in [4.69, 9.17) is 4.74 Å². The molecule has 96 valence electrons. The van der Waals surface area contributed by atoms with Crippen molar-refractivity contribution < 1.29 is 4.74 Å². The number of hydrogen-bond acceptors (Lipinski definition) is 5. The second kappa shape index (κ2) is 5.55. The standard InChI is InChI=1S/C11H21N5O/c1-3-12-9-11(4-6-17-7-5-11)8-10-13-15-16(2)14-10/h12H,3-9H2,1-2H3. The number of ether oxygens (including phenoxy) is 1. The summed E-state index contributed by atoms with van der Waals surface area (Å²) >= 11 is 0. The highest BCUT2D eigenvalue weighted by Crippen LogP contribution is 2.32. The van der Waals surface area contributed by atoms with Gasteiger partial charge in [0.05, 0.1) is 7.05 Å². The minimum Gasteiger partial charge on any atom is -0.381 e. The number of tetrazole rings is 1. The number of nitrogens with one attached hydrogen (secondary N) is 1. The highest BCUT2D eigenvalue weighted by molar-refractivity contribution is 4.93. The van der Waals surface area contributed by atoms with Crippen molar-refractivity contribution in [2.45, 2.75) is 26.2 Å². The molecule has 0 spiro atoms. The molecule has 0 saturated carbocycles. The van der Waals surface area contributed by atoms with Crippen LogP contribution in [0.25, 0.3) is 0 Å². The largest absolute Gasteiger partial charge is 0.381 e. The highest BCUT2D eigenvalue weighted by atomic mass is 16.5. The van der Waals surface area contributed by atoms with Crippen molar-refractivity contribution in [3.63, 3.8) is 0 Å². The average molecular weight is 239 g/mol. The van der Waals surface area contributed by atoms with E-state index < -0.39 is 0 Å². The molecule has 1 aliphatic rings. The summed E-state index contributed by atoms with van der Waals surface area (Å²) in [7, 11) is 1.80. The Morgan fingerprint density at radius 2 is 2.18 bits per heavy atom. The third-order valence-electron chi connectivity index (χ3n) is 3.39. The maximum atomic E-state index is 5.46. The van der Waals surface area contributed by atoms with E-state index in [2.05, 4.69) is 27.7 Å². The van der Waals surface area contributed by atoms with E-state index in [-0.39, 0.29) is 5.41 Å². The lowest BCUT2D eigenvalue weighted by atomic mass is 9.77. The van der Waals surface area contributed by atoms with Crippen molar-refractivity contribution in [3.8, 4) is 0 Å². The zero-order chi connectivity index (χ0) is 12.1. The Kier molecular flexibility index (Phi) is 4.06. The first-order valence-electron chi connectivity index (χ1n) is 6.25. The number of aromatic nitrogens is 4. The van der Waals surface area contributed by atoms with Crippen molar-refractivity contribution >= 4 is 0 Å². The molecular weight excluding hydrogens is 218 g/mol. The Balaban J connectivity index is 2.03. The van der Waals surface area contributed by atoms with Crippen LogP contribution in [0.1, 0.15) is 25.6 Å². The molecule has 1 aromatic rings. The van der Waals surface area contributed by atoms with Crippen molar-refractivity contribution in [2.75, 3.05) is 26.3 Å². The monoisotopic (exact) mass is 239 g/mol. The molecule has 1 fully saturated rings. The minimum atomic E-state index is 0.233. The first-order valence-corrected chi connectivity index (χ1v) is 6.25. The van der Waals surface area contributed by atoms with Gasteiger partial charge in [0, 0.05) is 26.2 Å². The molecule has 0 unspecified atom stereocenters. The van der Waals surface area contributed by atoms with Crippen LogP contribution < -0.4 is 5.32 Å². The fraction of sp³-hybridized carbons (Fsp3) is 0.909. The normalized spacial score (nSPS) is 19.4. The van der Waals surface area contributed by atoms with E-state index in [1.54, 1.807) is 7.05 Å². The van der Waals surface area contributed by atoms with Gasteiger partial charge in [-0.15, -0.1) is 10.2 Å². The van der Waals surface area contributed by atoms with Crippen LogP contribution >= 0.6 is 0 Å². The third kappa shape index (κ3) is 3.23.